The molecule has 0 aliphatic rings. The molecule has 0 bridgehead atoms. The maximum Gasteiger partial charge on any atom is 0.111 e. The molecule has 1 aromatic carbocycles. The minimum atomic E-state index is 0.234. The van der Waals surface area contributed by atoms with Gasteiger partial charge in [-0.05, 0) is 52.1 Å². The molecule has 2 nitrogen and oxygen atoms in total. The molecule has 0 aliphatic heterocycles. The van der Waals surface area contributed by atoms with E-state index in [2.05, 4.69) is 73.1 Å². The van der Waals surface area contributed by atoms with E-state index in [9.17, 15) is 0 Å². The first kappa shape index (κ1) is 16.1. The fourth-order valence-corrected chi connectivity index (χ4v) is 2.84. The smallest absolute Gasteiger partial charge is 0.111 e. The Labute approximate surface area is 140 Å². The Morgan fingerprint density at radius 1 is 1.35 bits per heavy atom. The number of aryl methyl sites for hydroxylation is 1. The lowest BCUT2D eigenvalue weighted by Crippen LogP contribution is -2.26. The number of imidazole rings is 1. The Hall–Kier alpha value is -0.290. The normalized spacial score (nSPS) is 12.6. The van der Waals surface area contributed by atoms with Crippen LogP contribution in [0.2, 0.25) is 0 Å². The number of fused-ring (bicyclic) bond motifs is 1. The van der Waals surface area contributed by atoms with Gasteiger partial charge >= 0.3 is 0 Å². The first-order valence-electron chi connectivity index (χ1n) is 7.06. The van der Waals surface area contributed by atoms with Gasteiger partial charge in [0, 0.05) is 22.4 Å². The molecule has 0 saturated carbocycles. The second kappa shape index (κ2) is 6.22. The van der Waals surface area contributed by atoms with Crippen molar-refractivity contribution in [1.29, 1.82) is 0 Å². The second-order valence-electron chi connectivity index (χ2n) is 6.33. The van der Waals surface area contributed by atoms with E-state index in [0.29, 0.717) is 11.8 Å². The molecule has 2 aromatic rings. The van der Waals surface area contributed by atoms with E-state index in [4.69, 9.17) is 16.6 Å². The highest BCUT2D eigenvalue weighted by Crippen LogP contribution is 2.31. The van der Waals surface area contributed by atoms with Crippen molar-refractivity contribution in [2.45, 2.75) is 40.7 Å². The summed E-state index contributed by atoms with van der Waals surface area (Å²) >= 11 is 8.28. The van der Waals surface area contributed by atoms with Gasteiger partial charge in [0.15, 0.2) is 0 Å². The molecule has 2 rings (SSSR count). The lowest BCUT2D eigenvalue weighted by atomic mass is 9.81. The molecule has 4 heteroatoms. The third-order valence-corrected chi connectivity index (χ3v) is 5.10. The summed E-state index contributed by atoms with van der Waals surface area (Å²) in [5.41, 5.74) is 2.54. The van der Waals surface area contributed by atoms with Gasteiger partial charge in [-0.1, -0.05) is 27.7 Å². The van der Waals surface area contributed by atoms with Gasteiger partial charge in [-0.15, -0.1) is 11.6 Å². The third-order valence-electron chi connectivity index (χ3n) is 4.24. The maximum atomic E-state index is 5.95. The van der Waals surface area contributed by atoms with Gasteiger partial charge in [0.05, 0.1) is 11.0 Å². The fourth-order valence-electron chi connectivity index (χ4n) is 2.19. The van der Waals surface area contributed by atoms with Crippen molar-refractivity contribution in [1.82, 2.24) is 9.55 Å². The first-order chi connectivity index (χ1) is 9.35. The number of halogens is 2. The molecule has 0 saturated heterocycles. The molecule has 1 aromatic heterocycles. The van der Waals surface area contributed by atoms with Crippen LogP contribution in [0, 0.1) is 14.9 Å². The highest BCUT2D eigenvalue weighted by molar-refractivity contribution is 14.1. The Morgan fingerprint density at radius 3 is 2.65 bits per heavy atom. The second-order valence-corrected chi connectivity index (χ2v) is 7.95. The largest absolute Gasteiger partial charge is 0.327 e. The Morgan fingerprint density at radius 2 is 2.05 bits per heavy atom. The van der Waals surface area contributed by atoms with Gasteiger partial charge < -0.3 is 4.57 Å². The van der Waals surface area contributed by atoms with Crippen LogP contribution in [0.1, 0.15) is 33.5 Å². The van der Waals surface area contributed by atoms with E-state index in [1.807, 2.05) is 0 Å². The van der Waals surface area contributed by atoms with E-state index >= 15 is 0 Å². The van der Waals surface area contributed by atoms with Crippen LogP contribution in [0.15, 0.2) is 18.2 Å². The summed E-state index contributed by atoms with van der Waals surface area (Å²) in [4.78, 5) is 4.78. The van der Waals surface area contributed by atoms with Crippen LogP contribution in [0.5, 0.6) is 0 Å². The first-order valence-corrected chi connectivity index (χ1v) is 8.67. The lowest BCUT2D eigenvalue weighted by Gasteiger charge is -2.30. The van der Waals surface area contributed by atoms with Crippen molar-refractivity contribution in [2.24, 2.45) is 11.3 Å². The molecular weight excluding hydrogens is 383 g/mol. The van der Waals surface area contributed by atoms with Crippen LogP contribution in [-0.4, -0.2) is 15.4 Å². The minimum absolute atomic E-state index is 0.234. The fraction of sp³-hybridized carbons (Fsp3) is 0.562. The summed E-state index contributed by atoms with van der Waals surface area (Å²) in [6, 6.07) is 6.47. The molecule has 110 valence electrons. The number of benzene rings is 1. The van der Waals surface area contributed by atoms with Gasteiger partial charge in [0.25, 0.3) is 0 Å². The van der Waals surface area contributed by atoms with Crippen molar-refractivity contribution in [3.05, 3.63) is 27.6 Å². The summed E-state index contributed by atoms with van der Waals surface area (Å²) in [5.74, 6) is 2.33. The molecule has 0 atom stereocenters. The molecule has 0 radical (unpaired) electrons. The van der Waals surface area contributed by atoms with E-state index in [-0.39, 0.29) is 5.41 Å². The van der Waals surface area contributed by atoms with Crippen molar-refractivity contribution in [2.75, 3.05) is 5.88 Å². The highest BCUT2D eigenvalue weighted by Gasteiger charge is 2.25. The number of hydrogen-bond donors (Lipinski definition) is 0. The van der Waals surface area contributed by atoms with E-state index in [0.717, 1.165) is 24.3 Å². The van der Waals surface area contributed by atoms with Crippen molar-refractivity contribution in [3.63, 3.8) is 0 Å². The molecule has 0 amide bonds. The Bertz CT molecular complexity index is 602. The average molecular weight is 405 g/mol. The number of nitrogens with zero attached hydrogens (tertiary/aromatic N) is 2. The topological polar surface area (TPSA) is 17.8 Å². The molecule has 0 N–H and O–H groups in total. The summed E-state index contributed by atoms with van der Waals surface area (Å²) in [5, 5.41) is 0. The van der Waals surface area contributed by atoms with Gasteiger partial charge in [-0.3, -0.25) is 0 Å². The van der Waals surface area contributed by atoms with Crippen LogP contribution in [-0.2, 0) is 13.0 Å². The lowest BCUT2D eigenvalue weighted by molar-refractivity contribution is 0.210. The standard InChI is InChI=1S/C16H22ClIN2/c1-11(2)16(3,4)10-20-14-6-5-12(18)9-13(14)19-15(20)7-8-17/h5-6,9,11H,7-8,10H2,1-4H3. The van der Waals surface area contributed by atoms with Crippen LogP contribution in [0.3, 0.4) is 0 Å². The van der Waals surface area contributed by atoms with Crippen LogP contribution >= 0.6 is 34.2 Å². The molecule has 1 heterocycles. The zero-order valence-electron chi connectivity index (χ0n) is 12.6. The summed E-state index contributed by atoms with van der Waals surface area (Å²) in [6.45, 7) is 10.2. The Kier molecular flexibility index (Phi) is 5.00. The third kappa shape index (κ3) is 3.30. The highest BCUT2D eigenvalue weighted by atomic mass is 127. The quantitative estimate of drug-likeness (QED) is 0.500. The molecule has 0 aliphatic carbocycles. The van der Waals surface area contributed by atoms with Gasteiger partial charge in [-0.2, -0.15) is 0 Å². The summed E-state index contributed by atoms with van der Waals surface area (Å²) < 4.78 is 3.58. The van der Waals surface area contributed by atoms with Gasteiger partial charge in [-0.25, -0.2) is 4.98 Å². The van der Waals surface area contributed by atoms with Crippen LogP contribution in [0.4, 0.5) is 0 Å². The van der Waals surface area contributed by atoms with Gasteiger partial charge in [0.1, 0.15) is 5.82 Å². The molecule has 0 spiro atoms. The number of alkyl halides is 1. The van der Waals surface area contributed by atoms with E-state index < -0.39 is 0 Å². The molecule has 0 unspecified atom stereocenters. The molecule has 20 heavy (non-hydrogen) atoms. The van der Waals surface area contributed by atoms with Crippen molar-refractivity contribution >= 4 is 45.2 Å². The zero-order valence-corrected chi connectivity index (χ0v) is 15.5. The maximum absolute atomic E-state index is 5.95. The number of aromatic nitrogens is 2. The van der Waals surface area contributed by atoms with Crippen LogP contribution < -0.4 is 0 Å². The summed E-state index contributed by atoms with van der Waals surface area (Å²) in [7, 11) is 0. The molecule has 0 fully saturated rings. The molecular formula is C16H22ClIN2. The van der Waals surface area contributed by atoms with E-state index in [1.165, 1.54) is 9.09 Å². The van der Waals surface area contributed by atoms with Crippen molar-refractivity contribution in [3.8, 4) is 0 Å². The van der Waals surface area contributed by atoms with Crippen molar-refractivity contribution < 1.29 is 0 Å². The predicted molar refractivity (Wildman–Crippen MR) is 95.5 cm³/mol. The Balaban J connectivity index is 2.51. The summed E-state index contributed by atoms with van der Waals surface area (Å²) in [6.07, 6.45) is 0.820. The van der Waals surface area contributed by atoms with Gasteiger partial charge in [0.2, 0.25) is 0 Å². The SMILES string of the molecule is CC(C)C(C)(C)Cn1c(CCCl)nc2cc(I)ccc21. The van der Waals surface area contributed by atoms with Crippen LogP contribution in [0.25, 0.3) is 11.0 Å². The zero-order chi connectivity index (χ0) is 14.9. The monoisotopic (exact) mass is 404 g/mol. The minimum Gasteiger partial charge on any atom is -0.327 e. The van der Waals surface area contributed by atoms with E-state index in [1.54, 1.807) is 0 Å². The predicted octanol–water partition coefficient (Wildman–Crippen LogP) is 5.10. The number of hydrogen-bond acceptors (Lipinski definition) is 1. The number of rotatable bonds is 5. The average Bonchev–Trinajstić information content (AvgIpc) is 2.66.